The minimum Gasteiger partial charge on any atom is -0.354 e. The molecule has 0 saturated carbocycles. The molecule has 1 fully saturated rings. The maximum atomic E-state index is 12.9. The minimum atomic E-state index is -0.611. The van der Waals surface area contributed by atoms with Crippen molar-refractivity contribution >= 4 is 17.7 Å². The van der Waals surface area contributed by atoms with Crippen LogP contribution < -0.4 is 10.6 Å². The number of hydrogen-bond donors (Lipinski definition) is 2. The van der Waals surface area contributed by atoms with E-state index in [1.807, 2.05) is 67.3 Å². The van der Waals surface area contributed by atoms with Gasteiger partial charge in [-0.25, -0.2) is 0 Å². The highest BCUT2D eigenvalue weighted by Crippen LogP contribution is 2.22. The Labute approximate surface area is 190 Å². The molecule has 6 heteroatoms. The van der Waals surface area contributed by atoms with Gasteiger partial charge in [0.05, 0.1) is 6.42 Å². The third kappa shape index (κ3) is 6.19. The number of nitrogens with one attached hydrogen (secondary N) is 2. The number of amides is 3. The lowest BCUT2D eigenvalue weighted by molar-refractivity contribution is -0.132. The number of rotatable bonds is 8. The molecule has 1 heterocycles. The molecule has 1 atom stereocenters. The Morgan fingerprint density at radius 3 is 2.31 bits per heavy atom. The van der Waals surface area contributed by atoms with Crippen LogP contribution in [-0.2, 0) is 16.0 Å². The van der Waals surface area contributed by atoms with E-state index < -0.39 is 6.04 Å². The number of carbonyl (C=O) groups excluding carboxylic acids is 3. The van der Waals surface area contributed by atoms with E-state index in [2.05, 4.69) is 10.6 Å². The van der Waals surface area contributed by atoms with Crippen LogP contribution in [0.2, 0.25) is 0 Å². The van der Waals surface area contributed by atoms with Crippen LogP contribution in [0.5, 0.6) is 0 Å². The van der Waals surface area contributed by atoms with Crippen molar-refractivity contribution in [3.05, 3.63) is 71.3 Å². The zero-order valence-electron chi connectivity index (χ0n) is 19.0. The number of likely N-dealkylation sites (tertiary alicyclic amines) is 1. The molecule has 170 valence electrons. The van der Waals surface area contributed by atoms with Gasteiger partial charge in [-0.1, -0.05) is 55.5 Å². The average Bonchev–Trinajstić information content (AvgIpc) is 2.82. The summed E-state index contributed by atoms with van der Waals surface area (Å²) in [7, 11) is 0. The monoisotopic (exact) mass is 435 g/mol. The van der Waals surface area contributed by atoms with Gasteiger partial charge in [0.15, 0.2) is 0 Å². The Kier molecular flexibility index (Phi) is 8.42. The van der Waals surface area contributed by atoms with E-state index in [4.69, 9.17) is 0 Å². The van der Waals surface area contributed by atoms with Crippen LogP contribution in [0.25, 0.3) is 0 Å². The van der Waals surface area contributed by atoms with Gasteiger partial charge in [0, 0.05) is 25.2 Å². The lowest BCUT2D eigenvalue weighted by Crippen LogP contribution is -2.54. The highest BCUT2D eigenvalue weighted by atomic mass is 16.2. The predicted molar refractivity (Wildman–Crippen MR) is 125 cm³/mol. The summed E-state index contributed by atoms with van der Waals surface area (Å²) in [5.41, 5.74) is 2.46. The van der Waals surface area contributed by atoms with Gasteiger partial charge in [0.25, 0.3) is 5.91 Å². The first kappa shape index (κ1) is 23.5. The summed E-state index contributed by atoms with van der Waals surface area (Å²) in [4.78, 5) is 40.4. The summed E-state index contributed by atoms with van der Waals surface area (Å²) in [5, 5.41) is 5.92. The number of aryl methyl sites for hydroxylation is 1. The molecular formula is C26H33N3O3. The number of carbonyl (C=O) groups is 3. The molecule has 0 aromatic heterocycles. The van der Waals surface area contributed by atoms with E-state index in [-0.39, 0.29) is 23.6 Å². The van der Waals surface area contributed by atoms with E-state index in [9.17, 15) is 14.4 Å². The maximum absolute atomic E-state index is 12.9. The van der Waals surface area contributed by atoms with Crippen LogP contribution in [0.1, 0.15) is 47.7 Å². The summed E-state index contributed by atoms with van der Waals surface area (Å²) >= 11 is 0. The molecule has 2 aromatic carbocycles. The summed E-state index contributed by atoms with van der Waals surface area (Å²) in [6, 6.07) is 16.5. The fraction of sp³-hybridized carbons (Fsp3) is 0.423. The van der Waals surface area contributed by atoms with Crippen molar-refractivity contribution in [2.75, 3.05) is 19.6 Å². The van der Waals surface area contributed by atoms with E-state index >= 15 is 0 Å². The van der Waals surface area contributed by atoms with Gasteiger partial charge in [0.1, 0.15) is 6.04 Å². The van der Waals surface area contributed by atoms with Crippen molar-refractivity contribution < 1.29 is 14.4 Å². The highest BCUT2D eigenvalue weighted by Gasteiger charge is 2.34. The topological polar surface area (TPSA) is 78.5 Å². The molecule has 0 unspecified atom stereocenters. The van der Waals surface area contributed by atoms with Gasteiger partial charge in [-0.05, 0) is 49.3 Å². The zero-order chi connectivity index (χ0) is 22.9. The van der Waals surface area contributed by atoms with Crippen LogP contribution >= 0.6 is 0 Å². The second kappa shape index (κ2) is 11.5. The van der Waals surface area contributed by atoms with Gasteiger partial charge in [-0.2, -0.15) is 0 Å². The fourth-order valence-corrected chi connectivity index (χ4v) is 4.17. The number of piperidine rings is 1. The summed E-state index contributed by atoms with van der Waals surface area (Å²) < 4.78 is 0. The van der Waals surface area contributed by atoms with Crippen molar-refractivity contribution in [3.63, 3.8) is 0 Å². The van der Waals surface area contributed by atoms with Crippen LogP contribution in [0.15, 0.2) is 54.6 Å². The zero-order valence-corrected chi connectivity index (χ0v) is 19.0. The third-order valence-electron chi connectivity index (χ3n) is 6.07. The molecule has 0 bridgehead atoms. The molecule has 0 aliphatic carbocycles. The normalized spacial score (nSPS) is 15.1. The van der Waals surface area contributed by atoms with Crippen molar-refractivity contribution in [3.8, 4) is 0 Å². The minimum absolute atomic E-state index is 0.0133. The van der Waals surface area contributed by atoms with E-state index in [0.717, 1.165) is 17.5 Å². The number of hydrogen-bond acceptors (Lipinski definition) is 3. The highest BCUT2D eigenvalue weighted by molar-refractivity contribution is 5.98. The summed E-state index contributed by atoms with van der Waals surface area (Å²) in [6.07, 6.45) is 2.57. The molecule has 3 rings (SSSR count). The molecule has 32 heavy (non-hydrogen) atoms. The smallest absolute Gasteiger partial charge is 0.252 e. The number of benzene rings is 2. The van der Waals surface area contributed by atoms with Gasteiger partial charge >= 0.3 is 0 Å². The van der Waals surface area contributed by atoms with Crippen LogP contribution in [0.3, 0.4) is 0 Å². The molecule has 1 saturated heterocycles. The Morgan fingerprint density at radius 2 is 1.66 bits per heavy atom. The first-order chi connectivity index (χ1) is 15.5. The average molecular weight is 436 g/mol. The summed E-state index contributed by atoms with van der Waals surface area (Å²) in [5.74, 6) is -0.295. The lowest BCUT2D eigenvalue weighted by Gasteiger charge is -2.36. The fourth-order valence-electron chi connectivity index (χ4n) is 4.17. The van der Waals surface area contributed by atoms with Crippen molar-refractivity contribution in [2.45, 2.75) is 45.6 Å². The standard InChI is InChI=1S/C26H33N3O3/c1-3-15-27-26(32)24(28-25(31)22-12-8-7-9-19(22)2)21-13-16-29(17-14-21)23(30)18-20-10-5-4-6-11-20/h4-12,21,24H,3,13-18H2,1-2H3,(H,27,32)(H,28,31)/t24-/m1/s1. The van der Waals surface area contributed by atoms with Gasteiger partial charge in [-0.3, -0.25) is 14.4 Å². The second-order valence-electron chi connectivity index (χ2n) is 8.44. The second-order valence-corrected chi connectivity index (χ2v) is 8.44. The van der Waals surface area contributed by atoms with Crippen molar-refractivity contribution in [1.29, 1.82) is 0 Å². The Bertz CT molecular complexity index is 921. The largest absolute Gasteiger partial charge is 0.354 e. The molecule has 6 nitrogen and oxygen atoms in total. The van der Waals surface area contributed by atoms with Crippen LogP contribution in [-0.4, -0.2) is 48.3 Å². The summed E-state index contributed by atoms with van der Waals surface area (Å²) in [6.45, 7) is 5.64. The van der Waals surface area contributed by atoms with E-state index in [1.54, 1.807) is 6.07 Å². The molecule has 1 aliphatic rings. The molecule has 1 aliphatic heterocycles. The Hall–Kier alpha value is -3.15. The van der Waals surface area contributed by atoms with Gasteiger partial charge in [0.2, 0.25) is 11.8 Å². The molecule has 0 radical (unpaired) electrons. The SMILES string of the molecule is CCCNC(=O)[C@H](NC(=O)c1ccccc1C)C1CCN(C(=O)Cc2ccccc2)CC1. The van der Waals surface area contributed by atoms with Crippen molar-refractivity contribution in [1.82, 2.24) is 15.5 Å². The molecular weight excluding hydrogens is 402 g/mol. The number of nitrogens with zero attached hydrogens (tertiary/aromatic N) is 1. The Balaban J connectivity index is 1.64. The van der Waals surface area contributed by atoms with Crippen LogP contribution in [0.4, 0.5) is 0 Å². The lowest BCUT2D eigenvalue weighted by atomic mass is 9.88. The van der Waals surface area contributed by atoms with Gasteiger partial charge < -0.3 is 15.5 Å². The molecule has 0 spiro atoms. The van der Waals surface area contributed by atoms with E-state index in [1.165, 1.54) is 0 Å². The first-order valence-corrected chi connectivity index (χ1v) is 11.5. The first-order valence-electron chi connectivity index (χ1n) is 11.5. The molecule has 3 amide bonds. The molecule has 2 aromatic rings. The van der Waals surface area contributed by atoms with Crippen molar-refractivity contribution in [2.24, 2.45) is 5.92 Å². The quantitative estimate of drug-likeness (QED) is 0.669. The maximum Gasteiger partial charge on any atom is 0.252 e. The van der Waals surface area contributed by atoms with Crippen LogP contribution in [0, 0.1) is 12.8 Å². The molecule has 2 N–H and O–H groups in total. The predicted octanol–water partition coefficient (Wildman–Crippen LogP) is 3.10. The third-order valence-corrected chi connectivity index (χ3v) is 6.07. The Morgan fingerprint density at radius 1 is 1.00 bits per heavy atom. The van der Waals surface area contributed by atoms with E-state index in [0.29, 0.717) is 44.5 Å². The van der Waals surface area contributed by atoms with Gasteiger partial charge in [-0.15, -0.1) is 0 Å².